The van der Waals surface area contributed by atoms with Crippen molar-refractivity contribution in [3.8, 4) is 0 Å². The lowest BCUT2D eigenvalue weighted by Gasteiger charge is -2.37. The Hall–Kier alpha value is -0.580. The summed E-state index contributed by atoms with van der Waals surface area (Å²) in [6.45, 7) is 9.23. The molecule has 0 spiro atoms. The number of halogens is 1. The molecule has 0 bridgehead atoms. The number of nitrogens with zero attached hydrogens (tertiary/aromatic N) is 1. The highest BCUT2D eigenvalue weighted by atomic mass is 79.9. The van der Waals surface area contributed by atoms with Crippen LogP contribution in [0.15, 0.2) is 22.7 Å². The van der Waals surface area contributed by atoms with E-state index in [0.29, 0.717) is 0 Å². The molecule has 0 radical (unpaired) electrons. The minimum absolute atomic E-state index is 0.154. The molecule has 1 rings (SSSR count). The van der Waals surface area contributed by atoms with Crippen molar-refractivity contribution in [3.05, 3.63) is 28.2 Å². The fourth-order valence-electron chi connectivity index (χ4n) is 1.90. The summed E-state index contributed by atoms with van der Waals surface area (Å²) >= 11 is 3.70. The minimum Gasteiger partial charge on any atom is -0.383 e. The molecule has 0 saturated heterocycles. The fraction of sp³-hybridized carbons (Fsp3) is 0.625. The van der Waals surface area contributed by atoms with Crippen LogP contribution in [0.3, 0.4) is 0 Å². The molecule has 0 aromatic heterocycles. The van der Waals surface area contributed by atoms with Crippen molar-refractivity contribution in [2.75, 3.05) is 32.2 Å². The lowest BCUT2D eigenvalue weighted by molar-refractivity contribution is 0.199. The van der Waals surface area contributed by atoms with E-state index in [1.165, 1.54) is 11.3 Å². The smallest absolute Gasteiger partial charge is 0.0587 e. The monoisotopic (exact) mass is 342 g/mol. The first-order valence-corrected chi connectivity index (χ1v) is 7.93. The van der Waals surface area contributed by atoms with Gasteiger partial charge in [-0.1, -0.05) is 13.0 Å². The Labute approximate surface area is 131 Å². The van der Waals surface area contributed by atoms with E-state index in [4.69, 9.17) is 4.74 Å². The average molecular weight is 343 g/mol. The molecule has 0 amide bonds. The molecule has 1 aromatic carbocycles. The molecule has 0 saturated carbocycles. The summed E-state index contributed by atoms with van der Waals surface area (Å²) in [7, 11) is 3.87. The van der Waals surface area contributed by atoms with Crippen LogP contribution in [0.4, 0.5) is 5.69 Å². The van der Waals surface area contributed by atoms with Gasteiger partial charge in [-0.2, -0.15) is 0 Å². The summed E-state index contributed by atoms with van der Waals surface area (Å²) in [5.74, 6) is 0. The summed E-state index contributed by atoms with van der Waals surface area (Å²) < 4.78 is 6.17. The summed E-state index contributed by atoms with van der Waals surface area (Å²) in [6.07, 6.45) is 1.11. The van der Waals surface area contributed by atoms with Gasteiger partial charge in [-0.3, -0.25) is 0 Å². The number of anilines is 1. The van der Waals surface area contributed by atoms with Crippen LogP contribution in [0, 0.1) is 0 Å². The molecule has 4 heteroatoms. The first-order chi connectivity index (χ1) is 9.42. The van der Waals surface area contributed by atoms with E-state index in [1.54, 1.807) is 7.11 Å². The molecule has 0 unspecified atom stereocenters. The maximum atomic E-state index is 5.03. The second-order valence-corrected chi connectivity index (χ2v) is 6.53. The number of hydrogen-bond acceptors (Lipinski definition) is 3. The van der Waals surface area contributed by atoms with Gasteiger partial charge in [0.1, 0.15) is 0 Å². The summed E-state index contributed by atoms with van der Waals surface area (Å²) in [6, 6.07) is 6.56. The Balaban J connectivity index is 2.73. The minimum atomic E-state index is 0.154. The molecule has 20 heavy (non-hydrogen) atoms. The highest BCUT2D eigenvalue weighted by Crippen LogP contribution is 2.32. The molecule has 0 heterocycles. The number of benzene rings is 1. The van der Waals surface area contributed by atoms with E-state index in [0.717, 1.165) is 30.6 Å². The zero-order chi connectivity index (χ0) is 15.2. The van der Waals surface area contributed by atoms with E-state index in [2.05, 4.69) is 72.2 Å². The van der Waals surface area contributed by atoms with Crippen LogP contribution >= 0.6 is 15.9 Å². The second kappa shape index (κ2) is 8.01. The molecule has 0 aliphatic rings. The van der Waals surface area contributed by atoms with E-state index in [-0.39, 0.29) is 5.54 Å². The van der Waals surface area contributed by atoms with Gasteiger partial charge in [0.25, 0.3) is 0 Å². The Morgan fingerprint density at radius 1 is 1.35 bits per heavy atom. The van der Waals surface area contributed by atoms with Gasteiger partial charge in [0.2, 0.25) is 0 Å². The van der Waals surface area contributed by atoms with Crippen LogP contribution < -0.4 is 10.2 Å². The highest BCUT2D eigenvalue weighted by Gasteiger charge is 2.22. The molecule has 3 nitrogen and oxygen atoms in total. The normalized spacial score (nSPS) is 11.7. The standard InChI is InChI=1S/C16H27BrN2O/c1-6-16(2,3)19(4)15-8-7-13(11-14(15)17)12-18-9-10-20-5/h7-8,11,18H,6,9-10,12H2,1-5H3. The van der Waals surface area contributed by atoms with Crippen LogP contribution in [0.1, 0.15) is 32.8 Å². The van der Waals surface area contributed by atoms with Gasteiger partial charge in [-0.25, -0.2) is 0 Å². The third-order valence-corrected chi connectivity index (χ3v) is 4.59. The van der Waals surface area contributed by atoms with Gasteiger partial charge in [-0.05, 0) is 53.9 Å². The number of methoxy groups -OCH3 is 1. The van der Waals surface area contributed by atoms with Crippen molar-refractivity contribution < 1.29 is 4.74 Å². The van der Waals surface area contributed by atoms with Crippen molar-refractivity contribution in [2.24, 2.45) is 0 Å². The van der Waals surface area contributed by atoms with Crippen molar-refractivity contribution in [3.63, 3.8) is 0 Å². The predicted molar refractivity (Wildman–Crippen MR) is 90.5 cm³/mol. The molecule has 0 atom stereocenters. The van der Waals surface area contributed by atoms with Crippen molar-refractivity contribution >= 4 is 21.6 Å². The number of ether oxygens (including phenoxy) is 1. The first-order valence-electron chi connectivity index (χ1n) is 7.14. The molecule has 0 aliphatic carbocycles. The van der Waals surface area contributed by atoms with Crippen molar-refractivity contribution in [1.82, 2.24) is 5.32 Å². The van der Waals surface area contributed by atoms with E-state index in [9.17, 15) is 0 Å². The van der Waals surface area contributed by atoms with Gasteiger partial charge >= 0.3 is 0 Å². The van der Waals surface area contributed by atoms with Crippen LogP contribution in [-0.2, 0) is 11.3 Å². The topological polar surface area (TPSA) is 24.5 Å². The van der Waals surface area contributed by atoms with Crippen molar-refractivity contribution in [2.45, 2.75) is 39.3 Å². The average Bonchev–Trinajstić information content (AvgIpc) is 2.43. The van der Waals surface area contributed by atoms with Crippen molar-refractivity contribution in [1.29, 1.82) is 0 Å². The molecular formula is C16H27BrN2O. The van der Waals surface area contributed by atoms with Gasteiger partial charge < -0.3 is 15.0 Å². The van der Waals surface area contributed by atoms with Gasteiger partial charge in [0.15, 0.2) is 0 Å². The fourth-order valence-corrected chi connectivity index (χ4v) is 2.59. The van der Waals surface area contributed by atoms with E-state index < -0.39 is 0 Å². The third-order valence-electron chi connectivity index (χ3n) is 3.96. The van der Waals surface area contributed by atoms with Crippen LogP contribution in [-0.4, -0.2) is 32.8 Å². The summed E-state index contributed by atoms with van der Waals surface area (Å²) in [5, 5.41) is 3.36. The van der Waals surface area contributed by atoms with Gasteiger partial charge in [0, 0.05) is 37.3 Å². The molecule has 0 aliphatic heterocycles. The van der Waals surface area contributed by atoms with Crippen LogP contribution in [0.25, 0.3) is 0 Å². The maximum absolute atomic E-state index is 5.03. The number of hydrogen-bond donors (Lipinski definition) is 1. The SMILES string of the molecule is CCC(C)(C)N(C)c1ccc(CNCCOC)cc1Br. The zero-order valence-corrected chi connectivity index (χ0v) is 14.9. The Morgan fingerprint density at radius 3 is 2.60 bits per heavy atom. The zero-order valence-electron chi connectivity index (χ0n) is 13.3. The lowest BCUT2D eigenvalue weighted by Crippen LogP contribution is -2.40. The molecule has 0 fully saturated rings. The Kier molecular flexibility index (Phi) is 7.00. The first kappa shape index (κ1) is 17.5. The summed E-state index contributed by atoms with van der Waals surface area (Å²) in [4.78, 5) is 2.33. The quantitative estimate of drug-likeness (QED) is 0.727. The second-order valence-electron chi connectivity index (χ2n) is 5.68. The predicted octanol–water partition coefficient (Wildman–Crippen LogP) is 3.81. The Morgan fingerprint density at radius 2 is 2.05 bits per heavy atom. The Bertz CT molecular complexity index is 421. The molecule has 114 valence electrons. The summed E-state index contributed by atoms with van der Waals surface area (Å²) in [5.41, 5.74) is 2.66. The van der Waals surface area contributed by atoms with E-state index >= 15 is 0 Å². The number of rotatable bonds is 8. The molecule has 1 N–H and O–H groups in total. The van der Waals surface area contributed by atoms with Gasteiger partial charge in [-0.15, -0.1) is 0 Å². The third kappa shape index (κ3) is 4.76. The number of nitrogens with one attached hydrogen (secondary N) is 1. The molecular weight excluding hydrogens is 316 g/mol. The van der Waals surface area contributed by atoms with E-state index in [1.807, 2.05) is 0 Å². The van der Waals surface area contributed by atoms with Gasteiger partial charge in [0.05, 0.1) is 12.3 Å². The van der Waals surface area contributed by atoms with Crippen LogP contribution in [0.2, 0.25) is 0 Å². The molecule has 1 aromatic rings. The highest BCUT2D eigenvalue weighted by molar-refractivity contribution is 9.10. The van der Waals surface area contributed by atoms with Crippen LogP contribution in [0.5, 0.6) is 0 Å². The maximum Gasteiger partial charge on any atom is 0.0587 e. The lowest BCUT2D eigenvalue weighted by atomic mass is 9.99. The largest absolute Gasteiger partial charge is 0.383 e.